The molecule has 1 unspecified atom stereocenters. The van der Waals surface area contributed by atoms with Crippen molar-refractivity contribution < 1.29 is 4.79 Å². The van der Waals surface area contributed by atoms with Gasteiger partial charge in [0, 0.05) is 38.4 Å². The molecule has 0 aliphatic carbocycles. The Kier molecular flexibility index (Phi) is 3.29. The summed E-state index contributed by atoms with van der Waals surface area (Å²) in [6.45, 7) is 0.720. The average molecular weight is 240 g/mol. The fraction of sp³-hybridized carbons (Fsp3) is 0.455. The molecule has 1 saturated heterocycles. The van der Waals surface area contributed by atoms with E-state index in [2.05, 4.69) is 10.3 Å². The molecule has 0 bridgehead atoms. The second kappa shape index (κ2) is 4.70. The number of anilines is 1. The highest BCUT2D eigenvalue weighted by Crippen LogP contribution is 2.22. The first-order valence-corrected chi connectivity index (χ1v) is 5.64. The first-order chi connectivity index (χ1) is 7.66. The monoisotopic (exact) mass is 239 g/mol. The first-order valence-electron chi connectivity index (χ1n) is 5.27. The summed E-state index contributed by atoms with van der Waals surface area (Å²) in [5, 5.41) is 3.95. The Balaban J connectivity index is 2.01. The van der Waals surface area contributed by atoms with Crippen molar-refractivity contribution in [2.45, 2.75) is 18.9 Å². The summed E-state index contributed by atoms with van der Waals surface area (Å²) in [5.74, 6) is 0.207. The molecule has 2 heterocycles. The molecule has 0 spiro atoms. The van der Waals surface area contributed by atoms with Crippen LogP contribution in [0.4, 0.5) is 5.69 Å². The normalized spacial score (nSPS) is 21.0. The van der Waals surface area contributed by atoms with Gasteiger partial charge in [-0.15, -0.1) is 0 Å². The van der Waals surface area contributed by atoms with Gasteiger partial charge in [0.2, 0.25) is 5.91 Å². The van der Waals surface area contributed by atoms with Crippen LogP contribution in [0.15, 0.2) is 18.5 Å². The minimum Gasteiger partial charge on any atom is -0.379 e. The topological polar surface area (TPSA) is 45.2 Å². The summed E-state index contributed by atoms with van der Waals surface area (Å²) in [7, 11) is 1.82. The number of piperidine rings is 1. The van der Waals surface area contributed by atoms with E-state index in [1.165, 1.54) is 0 Å². The summed E-state index contributed by atoms with van der Waals surface area (Å²) < 4.78 is 0. The Labute approximate surface area is 99.6 Å². The number of carbonyl (C=O) groups excluding carboxylic acids is 1. The van der Waals surface area contributed by atoms with E-state index in [1.54, 1.807) is 17.3 Å². The standard InChI is InChI=1S/C11H14ClN3O/c1-15-7-8(2-3-11(15)16)14-10-4-5-13-6-9(10)12/h4-6,8H,2-3,7H2,1H3,(H,13,14). The molecule has 2 rings (SSSR count). The first kappa shape index (κ1) is 11.2. The molecule has 1 aliphatic rings. The number of pyridine rings is 1. The molecule has 1 aromatic rings. The van der Waals surface area contributed by atoms with Crippen LogP contribution >= 0.6 is 11.6 Å². The summed E-state index contributed by atoms with van der Waals surface area (Å²) in [6.07, 6.45) is 4.76. The van der Waals surface area contributed by atoms with Crippen LogP contribution in [0.3, 0.4) is 0 Å². The number of hydrogen-bond donors (Lipinski definition) is 1. The number of likely N-dealkylation sites (N-methyl/N-ethyl adjacent to an activating group) is 1. The van der Waals surface area contributed by atoms with Crippen molar-refractivity contribution in [2.24, 2.45) is 0 Å². The molecule has 1 aliphatic heterocycles. The Morgan fingerprint density at radius 3 is 3.12 bits per heavy atom. The van der Waals surface area contributed by atoms with Gasteiger partial charge in [-0.2, -0.15) is 0 Å². The lowest BCUT2D eigenvalue weighted by atomic mass is 10.1. The summed E-state index contributed by atoms with van der Waals surface area (Å²) in [4.78, 5) is 17.0. The maximum Gasteiger partial charge on any atom is 0.222 e. The van der Waals surface area contributed by atoms with Crippen molar-refractivity contribution in [3.63, 3.8) is 0 Å². The van der Waals surface area contributed by atoms with Crippen LogP contribution in [0.1, 0.15) is 12.8 Å². The van der Waals surface area contributed by atoms with E-state index >= 15 is 0 Å². The largest absolute Gasteiger partial charge is 0.379 e. The third-order valence-electron chi connectivity index (χ3n) is 2.76. The van der Waals surface area contributed by atoms with E-state index in [1.807, 2.05) is 13.1 Å². The molecular weight excluding hydrogens is 226 g/mol. The number of halogens is 1. The van der Waals surface area contributed by atoms with Gasteiger partial charge < -0.3 is 10.2 Å². The van der Waals surface area contributed by atoms with Gasteiger partial charge in [-0.3, -0.25) is 9.78 Å². The van der Waals surface area contributed by atoms with Crippen LogP contribution in [0.25, 0.3) is 0 Å². The van der Waals surface area contributed by atoms with Gasteiger partial charge in [-0.1, -0.05) is 11.6 Å². The van der Waals surface area contributed by atoms with Crippen molar-refractivity contribution in [3.8, 4) is 0 Å². The minimum atomic E-state index is 0.207. The molecule has 4 nitrogen and oxygen atoms in total. The van der Waals surface area contributed by atoms with Gasteiger partial charge in [0.15, 0.2) is 0 Å². The molecule has 1 N–H and O–H groups in total. The lowest BCUT2D eigenvalue weighted by Gasteiger charge is -2.30. The molecule has 0 aromatic carbocycles. The Morgan fingerprint density at radius 1 is 1.62 bits per heavy atom. The fourth-order valence-corrected chi connectivity index (χ4v) is 2.02. The fourth-order valence-electron chi connectivity index (χ4n) is 1.84. The molecule has 0 saturated carbocycles. The average Bonchev–Trinajstić information content (AvgIpc) is 2.27. The minimum absolute atomic E-state index is 0.207. The van der Waals surface area contributed by atoms with Crippen LogP contribution in [0, 0.1) is 0 Å². The number of hydrogen-bond acceptors (Lipinski definition) is 3. The van der Waals surface area contributed by atoms with E-state index in [4.69, 9.17) is 11.6 Å². The third-order valence-corrected chi connectivity index (χ3v) is 3.06. The number of nitrogens with zero attached hydrogens (tertiary/aromatic N) is 2. The highest BCUT2D eigenvalue weighted by Gasteiger charge is 2.22. The van der Waals surface area contributed by atoms with Crippen molar-refractivity contribution in [2.75, 3.05) is 18.9 Å². The van der Waals surface area contributed by atoms with Crippen LogP contribution in [-0.4, -0.2) is 35.4 Å². The van der Waals surface area contributed by atoms with Gasteiger partial charge >= 0.3 is 0 Å². The lowest BCUT2D eigenvalue weighted by Crippen LogP contribution is -2.43. The Bertz CT molecular complexity index is 397. The summed E-state index contributed by atoms with van der Waals surface area (Å²) in [5.41, 5.74) is 0.879. The molecule has 1 amide bonds. The van der Waals surface area contributed by atoms with Crippen LogP contribution in [0.2, 0.25) is 5.02 Å². The highest BCUT2D eigenvalue weighted by atomic mass is 35.5. The van der Waals surface area contributed by atoms with Crippen LogP contribution < -0.4 is 5.32 Å². The number of aromatic nitrogens is 1. The zero-order valence-electron chi connectivity index (χ0n) is 9.11. The molecule has 1 aromatic heterocycles. The zero-order chi connectivity index (χ0) is 11.5. The molecular formula is C11H14ClN3O. The van der Waals surface area contributed by atoms with Gasteiger partial charge in [0.05, 0.1) is 10.7 Å². The lowest BCUT2D eigenvalue weighted by molar-refractivity contribution is -0.132. The highest BCUT2D eigenvalue weighted by molar-refractivity contribution is 6.33. The zero-order valence-corrected chi connectivity index (χ0v) is 9.87. The van der Waals surface area contributed by atoms with Crippen molar-refractivity contribution >= 4 is 23.2 Å². The molecule has 86 valence electrons. The van der Waals surface area contributed by atoms with Gasteiger partial charge in [-0.05, 0) is 12.5 Å². The predicted octanol–water partition coefficient (Wildman–Crippen LogP) is 1.77. The Hall–Kier alpha value is -1.29. The number of rotatable bonds is 2. The molecule has 5 heteroatoms. The third kappa shape index (κ3) is 2.44. The van der Waals surface area contributed by atoms with Gasteiger partial charge in [0.1, 0.15) is 0 Å². The predicted molar refractivity (Wildman–Crippen MR) is 63.5 cm³/mol. The quantitative estimate of drug-likeness (QED) is 0.856. The van der Waals surface area contributed by atoms with Crippen molar-refractivity contribution in [3.05, 3.63) is 23.5 Å². The molecule has 1 atom stereocenters. The number of amides is 1. The summed E-state index contributed by atoms with van der Waals surface area (Å²) >= 11 is 6.00. The van der Waals surface area contributed by atoms with E-state index in [0.717, 1.165) is 18.7 Å². The van der Waals surface area contributed by atoms with Crippen LogP contribution in [0.5, 0.6) is 0 Å². The van der Waals surface area contributed by atoms with Gasteiger partial charge in [0.25, 0.3) is 0 Å². The van der Waals surface area contributed by atoms with E-state index in [9.17, 15) is 4.79 Å². The van der Waals surface area contributed by atoms with Gasteiger partial charge in [-0.25, -0.2) is 0 Å². The number of nitrogens with one attached hydrogen (secondary N) is 1. The number of carbonyl (C=O) groups is 1. The Morgan fingerprint density at radius 2 is 2.44 bits per heavy atom. The van der Waals surface area contributed by atoms with E-state index < -0.39 is 0 Å². The van der Waals surface area contributed by atoms with Crippen molar-refractivity contribution in [1.82, 2.24) is 9.88 Å². The maximum atomic E-state index is 11.3. The van der Waals surface area contributed by atoms with E-state index in [-0.39, 0.29) is 11.9 Å². The van der Waals surface area contributed by atoms with E-state index in [0.29, 0.717) is 11.4 Å². The molecule has 1 fully saturated rings. The molecule has 16 heavy (non-hydrogen) atoms. The molecule has 0 radical (unpaired) electrons. The second-order valence-electron chi connectivity index (χ2n) is 4.01. The maximum absolute atomic E-state index is 11.3. The number of likely N-dealkylation sites (tertiary alicyclic amines) is 1. The van der Waals surface area contributed by atoms with Crippen LogP contribution in [-0.2, 0) is 4.79 Å². The SMILES string of the molecule is CN1CC(Nc2ccncc2Cl)CCC1=O. The van der Waals surface area contributed by atoms with Crippen molar-refractivity contribution in [1.29, 1.82) is 0 Å². The smallest absolute Gasteiger partial charge is 0.222 e. The second-order valence-corrected chi connectivity index (χ2v) is 4.42. The summed E-state index contributed by atoms with van der Waals surface area (Å²) in [6, 6.07) is 2.11.